The van der Waals surface area contributed by atoms with E-state index in [-0.39, 0.29) is 6.42 Å². The van der Waals surface area contributed by atoms with Crippen LogP contribution in [0.25, 0.3) is 0 Å². The van der Waals surface area contributed by atoms with E-state index >= 15 is 0 Å². The molecule has 3 unspecified atom stereocenters. The summed E-state index contributed by atoms with van der Waals surface area (Å²) in [5, 5.41) is 9.25. The molecule has 1 aliphatic heterocycles. The summed E-state index contributed by atoms with van der Waals surface area (Å²) in [6, 6.07) is 0. The van der Waals surface area contributed by atoms with Gasteiger partial charge in [0.1, 0.15) is 0 Å². The predicted molar refractivity (Wildman–Crippen MR) is 70.4 cm³/mol. The normalized spacial score (nSPS) is 31.5. The minimum Gasteiger partial charge on any atom is -0.442 e. The fraction of sp³-hybridized carbons (Fsp3) is 0.929. The average molecular weight is 456 g/mol. The van der Waals surface area contributed by atoms with Crippen LogP contribution in [0, 0.1) is 5.41 Å². The lowest BCUT2D eigenvalue weighted by Gasteiger charge is -2.53. The lowest BCUT2D eigenvalue weighted by molar-refractivity contribution is -0.517. The van der Waals surface area contributed by atoms with Gasteiger partial charge in [0.2, 0.25) is 0 Å². The van der Waals surface area contributed by atoms with Crippen LogP contribution in [0.1, 0.15) is 33.6 Å². The maximum Gasteiger partial charge on any atom is 0.449 e. The second-order valence-electron chi connectivity index (χ2n) is 7.02. The van der Waals surface area contributed by atoms with Crippen molar-refractivity contribution in [1.82, 2.24) is 0 Å². The first kappa shape index (κ1) is 25.7. The first-order chi connectivity index (χ1) is 12.5. The van der Waals surface area contributed by atoms with Crippen molar-refractivity contribution < 1.29 is 67.7 Å². The van der Waals surface area contributed by atoms with Crippen LogP contribution < -0.4 is 0 Å². The molecule has 4 nitrogen and oxygen atoms in total. The summed E-state index contributed by atoms with van der Waals surface area (Å²) in [7, 11) is 0. The van der Waals surface area contributed by atoms with E-state index in [1.807, 2.05) is 0 Å². The van der Waals surface area contributed by atoms with Crippen LogP contribution in [0.5, 0.6) is 0 Å². The molecule has 0 spiro atoms. The summed E-state index contributed by atoms with van der Waals surface area (Å²) < 4.78 is 154. The third kappa shape index (κ3) is 3.86. The van der Waals surface area contributed by atoms with Crippen molar-refractivity contribution >= 4 is 5.97 Å². The zero-order valence-electron chi connectivity index (χ0n) is 14.8. The highest BCUT2D eigenvalue weighted by Crippen LogP contribution is 2.61. The minimum absolute atomic E-state index is 0.367. The van der Waals surface area contributed by atoms with E-state index < -0.39 is 59.7 Å². The molecule has 0 aromatic rings. The Morgan fingerprint density at radius 1 is 1.03 bits per heavy atom. The Morgan fingerprint density at radius 3 is 1.79 bits per heavy atom. The second kappa shape index (κ2) is 6.82. The van der Waals surface area contributed by atoms with Gasteiger partial charge >= 0.3 is 36.2 Å². The van der Waals surface area contributed by atoms with Gasteiger partial charge in [0.25, 0.3) is 5.60 Å². The molecule has 0 aromatic heterocycles. The number of carbonyl (C=O) groups excluding carboxylic acids is 1. The van der Waals surface area contributed by atoms with Gasteiger partial charge in [0.05, 0.1) is 5.41 Å². The van der Waals surface area contributed by atoms with E-state index in [0.29, 0.717) is 0 Å². The lowest BCUT2D eigenvalue weighted by Crippen LogP contribution is -2.80. The number of hydrogen-bond acceptors (Lipinski definition) is 4. The Morgan fingerprint density at radius 2 is 1.48 bits per heavy atom. The number of alkyl halides is 11. The molecule has 0 amide bonds. The Balaban J connectivity index is 3.85. The maximum atomic E-state index is 14.5. The molecule has 1 fully saturated rings. The molecule has 3 atom stereocenters. The molecule has 0 aromatic carbocycles. The molecule has 172 valence electrons. The Labute approximate surface area is 155 Å². The highest BCUT2D eigenvalue weighted by Gasteiger charge is 2.90. The number of esters is 1. The van der Waals surface area contributed by atoms with Crippen LogP contribution in [-0.2, 0) is 14.3 Å². The molecule has 1 rings (SSSR count). The molecule has 15 heteroatoms. The van der Waals surface area contributed by atoms with Gasteiger partial charge in [-0.05, 0) is 20.3 Å². The summed E-state index contributed by atoms with van der Waals surface area (Å²) in [6.45, 7) is 2.91. The first-order valence-electron chi connectivity index (χ1n) is 7.72. The minimum atomic E-state index is -6.83. The summed E-state index contributed by atoms with van der Waals surface area (Å²) in [5.41, 5.74) is -7.68. The molecule has 1 N–H and O–H groups in total. The average Bonchev–Trinajstić information content (AvgIpc) is 2.48. The van der Waals surface area contributed by atoms with Crippen LogP contribution in [0.4, 0.5) is 48.3 Å². The van der Waals surface area contributed by atoms with Gasteiger partial charge in [0, 0.05) is 6.42 Å². The van der Waals surface area contributed by atoms with Crippen molar-refractivity contribution in [1.29, 1.82) is 0 Å². The van der Waals surface area contributed by atoms with Crippen LogP contribution in [-0.4, -0.2) is 53.0 Å². The fourth-order valence-electron chi connectivity index (χ4n) is 2.31. The van der Waals surface area contributed by atoms with Crippen LogP contribution in [0.2, 0.25) is 0 Å². The van der Waals surface area contributed by atoms with E-state index in [4.69, 9.17) is 0 Å². The zero-order valence-corrected chi connectivity index (χ0v) is 14.8. The van der Waals surface area contributed by atoms with E-state index in [1.165, 1.54) is 6.92 Å². The zero-order chi connectivity index (χ0) is 23.5. The van der Waals surface area contributed by atoms with Gasteiger partial charge in [-0.2, -0.15) is 48.3 Å². The maximum absolute atomic E-state index is 14.5. The second-order valence-corrected chi connectivity index (χ2v) is 7.02. The van der Waals surface area contributed by atoms with Gasteiger partial charge in [-0.1, -0.05) is 6.92 Å². The molecule has 29 heavy (non-hydrogen) atoms. The topological polar surface area (TPSA) is 55.8 Å². The van der Waals surface area contributed by atoms with Gasteiger partial charge < -0.3 is 14.6 Å². The number of halogens is 11. The van der Waals surface area contributed by atoms with E-state index in [0.717, 1.165) is 13.8 Å². The van der Waals surface area contributed by atoms with E-state index in [2.05, 4.69) is 9.47 Å². The quantitative estimate of drug-likeness (QED) is 0.502. The molecule has 0 radical (unpaired) electrons. The van der Waals surface area contributed by atoms with Crippen molar-refractivity contribution in [2.45, 2.75) is 75.6 Å². The Hall–Kier alpha value is -1.38. The first-order valence-corrected chi connectivity index (χ1v) is 7.72. The Kier molecular flexibility index (Phi) is 6.03. The van der Waals surface area contributed by atoms with Crippen molar-refractivity contribution in [2.24, 2.45) is 5.41 Å². The molecule has 1 heterocycles. The van der Waals surface area contributed by atoms with Crippen LogP contribution in [0.3, 0.4) is 0 Å². The molecular formula is C14H15F11O4. The highest BCUT2D eigenvalue weighted by molar-refractivity contribution is 5.76. The number of carbonyl (C=O) groups is 1. The molecule has 1 saturated heterocycles. The fourth-order valence-corrected chi connectivity index (χ4v) is 2.31. The van der Waals surface area contributed by atoms with Crippen molar-refractivity contribution in [2.75, 3.05) is 0 Å². The van der Waals surface area contributed by atoms with Gasteiger partial charge in [-0.25, -0.2) is 0 Å². The van der Waals surface area contributed by atoms with Gasteiger partial charge in [0.15, 0.2) is 6.10 Å². The third-order valence-electron chi connectivity index (χ3n) is 4.63. The summed E-state index contributed by atoms with van der Waals surface area (Å²) in [4.78, 5) is 12.0. The van der Waals surface area contributed by atoms with Crippen molar-refractivity contribution in [3.8, 4) is 0 Å². The van der Waals surface area contributed by atoms with Crippen molar-refractivity contribution in [3.63, 3.8) is 0 Å². The number of rotatable bonds is 3. The lowest BCUT2D eigenvalue weighted by atomic mass is 9.79. The van der Waals surface area contributed by atoms with Crippen LogP contribution >= 0.6 is 0 Å². The molecule has 0 saturated carbocycles. The molecule has 1 aliphatic rings. The molecule has 0 aliphatic carbocycles. The SMILES string of the molecule is CCC(C)(C)C(=O)OC1(C(F)(F)F)CC(C(F)(F)F)OC(O)(C(F)(F)F)C1(F)F. The summed E-state index contributed by atoms with van der Waals surface area (Å²) in [5.74, 6) is -15.0. The van der Waals surface area contributed by atoms with E-state index in [1.54, 1.807) is 0 Å². The van der Waals surface area contributed by atoms with Crippen LogP contribution in [0.15, 0.2) is 0 Å². The largest absolute Gasteiger partial charge is 0.449 e. The highest BCUT2D eigenvalue weighted by atomic mass is 19.4. The Bertz CT molecular complexity index is 637. The molecular weight excluding hydrogens is 441 g/mol. The number of hydrogen-bond donors (Lipinski definition) is 1. The third-order valence-corrected chi connectivity index (χ3v) is 4.63. The van der Waals surface area contributed by atoms with Gasteiger partial charge in [-0.15, -0.1) is 0 Å². The van der Waals surface area contributed by atoms with Gasteiger partial charge in [-0.3, -0.25) is 4.79 Å². The van der Waals surface area contributed by atoms with E-state index in [9.17, 15) is 58.2 Å². The number of ether oxygens (including phenoxy) is 2. The summed E-state index contributed by atoms with van der Waals surface area (Å²) in [6.07, 6.45) is -27.1. The van der Waals surface area contributed by atoms with Crippen molar-refractivity contribution in [3.05, 3.63) is 0 Å². The summed E-state index contributed by atoms with van der Waals surface area (Å²) >= 11 is 0. The predicted octanol–water partition coefficient (Wildman–Crippen LogP) is 4.50. The standard InChI is InChI=1S/C14H15F11O4/c1-4-8(2,3)7(26)29-9(13(20,21)22)5-6(10(15,16)17)28-12(27,11(9,18)19)14(23,24)25/h6,27H,4-5H2,1-3H3. The molecule has 0 bridgehead atoms. The smallest absolute Gasteiger partial charge is 0.442 e. The monoisotopic (exact) mass is 456 g/mol. The number of aliphatic hydroxyl groups is 1.